The summed E-state index contributed by atoms with van der Waals surface area (Å²) in [6, 6.07) is 2.10. The smallest absolute Gasteiger partial charge is 0.153 e. The number of rotatable bonds is 2. The summed E-state index contributed by atoms with van der Waals surface area (Å²) >= 11 is 0. The van der Waals surface area contributed by atoms with Crippen LogP contribution in [0.3, 0.4) is 0 Å². The first-order chi connectivity index (χ1) is 6.88. The van der Waals surface area contributed by atoms with Crippen LogP contribution < -0.4 is 0 Å². The Morgan fingerprint density at radius 2 is 2.29 bits per heavy atom. The number of nitrogens with zero attached hydrogens (tertiary/aromatic N) is 1. The largest absolute Gasteiger partial charge is 0.357 e. The molecule has 70 valence electrons. The number of hydrogen-bond donors (Lipinski definition) is 1. The lowest BCUT2D eigenvalue weighted by Crippen LogP contribution is -1.84. The van der Waals surface area contributed by atoms with Crippen molar-refractivity contribution in [2.45, 2.75) is 18.8 Å². The molecular weight excluding hydrogens is 176 g/mol. The highest BCUT2D eigenvalue weighted by Gasteiger charge is 2.25. The van der Waals surface area contributed by atoms with Gasteiger partial charge in [-0.2, -0.15) is 0 Å². The molecule has 0 amide bonds. The number of carbonyl (C=O) groups is 1. The van der Waals surface area contributed by atoms with Crippen molar-refractivity contribution in [3.05, 3.63) is 29.7 Å². The van der Waals surface area contributed by atoms with Gasteiger partial charge in [0.1, 0.15) is 0 Å². The van der Waals surface area contributed by atoms with E-state index in [1.165, 1.54) is 18.5 Å². The molecule has 2 aromatic rings. The molecule has 0 saturated heterocycles. The third-order valence-corrected chi connectivity index (χ3v) is 2.73. The first-order valence-corrected chi connectivity index (χ1v) is 4.80. The van der Waals surface area contributed by atoms with E-state index < -0.39 is 0 Å². The van der Waals surface area contributed by atoms with Gasteiger partial charge in [-0.1, -0.05) is 0 Å². The van der Waals surface area contributed by atoms with Crippen LogP contribution >= 0.6 is 0 Å². The van der Waals surface area contributed by atoms with Gasteiger partial charge in [-0.25, -0.2) is 0 Å². The van der Waals surface area contributed by atoms with Crippen LogP contribution in [-0.2, 0) is 0 Å². The fourth-order valence-corrected chi connectivity index (χ4v) is 1.80. The van der Waals surface area contributed by atoms with Gasteiger partial charge in [0.25, 0.3) is 0 Å². The molecule has 1 saturated carbocycles. The summed E-state index contributed by atoms with van der Waals surface area (Å²) in [6.07, 6.45) is 6.77. The van der Waals surface area contributed by atoms with Crippen LogP contribution in [0.15, 0.2) is 18.5 Å². The fourth-order valence-electron chi connectivity index (χ4n) is 1.80. The molecule has 2 aromatic heterocycles. The van der Waals surface area contributed by atoms with Gasteiger partial charge in [0, 0.05) is 23.5 Å². The van der Waals surface area contributed by atoms with Gasteiger partial charge >= 0.3 is 0 Å². The molecule has 0 aliphatic heterocycles. The first kappa shape index (κ1) is 7.74. The van der Waals surface area contributed by atoms with E-state index in [9.17, 15) is 4.79 Å². The maximum atomic E-state index is 10.8. The number of hydrogen-bond acceptors (Lipinski definition) is 2. The Bertz CT molecular complexity index is 497. The minimum Gasteiger partial charge on any atom is -0.357 e. The lowest BCUT2D eigenvalue weighted by Gasteiger charge is -1.92. The average Bonchev–Trinajstić information content (AvgIpc) is 2.97. The second kappa shape index (κ2) is 2.67. The van der Waals surface area contributed by atoms with Crippen molar-refractivity contribution >= 4 is 17.2 Å². The molecule has 0 aromatic carbocycles. The molecule has 3 rings (SSSR count). The molecule has 1 aliphatic carbocycles. The predicted octanol–water partition coefficient (Wildman–Crippen LogP) is 2.25. The van der Waals surface area contributed by atoms with Crippen LogP contribution in [0.5, 0.6) is 0 Å². The quantitative estimate of drug-likeness (QED) is 0.731. The zero-order valence-electron chi connectivity index (χ0n) is 7.66. The van der Waals surface area contributed by atoms with E-state index in [0.29, 0.717) is 11.5 Å². The number of nitrogens with one attached hydrogen (secondary N) is 1. The highest BCUT2D eigenvalue weighted by molar-refractivity contribution is 5.95. The van der Waals surface area contributed by atoms with Crippen LogP contribution in [0.2, 0.25) is 0 Å². The van der Waals surface area contributed by atoms with Gasteiger partial charge in [0.2, 0.25) is 0 Å². The van der Waals surface area contributed by atoms with Gasteiger partial charge in [-0.05, 0) is 24.8 Å². The molecule has 2 heterocycles. The van der Waals surface area contributed by atoms with Crippen molar-refractivity contribution in [1.82, 2.24) is 9.97 Å². The highest BCUT2D eigenvalue weighted by atomic mass is 16.1. The Balaban J connectivity index is 2.25. The van der Waals surface area contributed by atoms with Crippen molar-refractivity contribution in [2.75, 3.05) is 0 Å². The zero-order chi connectivity index (χ0) is 9.54. The number of aromatic nitrogens is 2. The van der Waals surface area contributed by atoms with Crippen LogP contribution in [0, 0.1) is 0 Å². The number of aldehydes is 1. The van der Waals surface area contributed by atoms with E-state index in [0.717, 1.165) is 17.2 Å². The molecule has 0 atom stereocenters. The van der Waals surface area contributed by atoms with Gasteiger partial charge in [0.15, 0.2) is 6.29 Å². The van der Waals surface area contributed by atoms with Gasteiger partial charge < -0.3 is 4.98 Å². The Morgan fingerprint density at radius 3 is 3.00 bits per heavy atom. The van der Waals surface area contributed by atoms with E-state index in [1.54, 1.807) is 12.4 Å². The van der Waals surface area contributed by atoms with Crippen molar-refractivity contribution < 1.29 is 4.79 Å². The Kier molecular flexibility index (Phi) is 1.48. The molecule has 1 fully saturated rings. The molecule has 3 nitrogen and oxygen atoms in total. The maximum Gasteiger partial charge on any atom is 0.153 e. The number of pyridine rings is 1. The molecule has 14 heavy (non-hydrogen) atoms. The lowest BCUT2D eigenvalue weighted by molar-refractivity contribution is 0.112. The molecule has 1 N–H and O–H groups in total. The Labute approximate surface area is 81.2 Å². The van der Waals surface area contributed by atoms with Crippen LogP contribution in [-0.4, -0.2) is 16.3 Å². The van der Waals surface area contributed by atoms with Crippen LogP contribution in [0.25, 0.3) is 10.9 Å². The number of aromatic amines is 1. The first-order valence-electron chi connectivity index (χ1n) is 4.80. The molecule has 0 radical (unpaired) electrons. The standard InChI is InChI=1S/C11H10N2O/c14-6-9-5-12-4-8-3-10(7-1-2-7)13-11(8)9/h3-7,13H,1-2H2. The van der Waals surface area contributed by atoms with Crippen LogP contribution in [0.1, 0.15) is 34.8 Å². The zero-order valence-corrected chi connectivity index (χ0v) is 7.66. The third-order valence-electron chi connectivity index (χ3n) is 2.73. The van der Waals surface area contributed by atoms with Gasteiger partial charge in [-0.15, -0.1) is 0 Å². The average molecular weight is 186 g/mol. The fraction of sp³-hybridized carbons (Fsp3) is 0.273. The molecule has 0 spiro atoms. The SMILES string of the molecule is O=Cc1cncc2cc(C3CC3)[nH]c12. The minimum absolute atomic E-state index is 0.648. The molecule has 3 heteroatoms. The Hall–Kier alpha value is -1.64. The molecular formula is C11H10N2O. The van der Waals surface area contributed by atoms with Gasteiger partial charge in [-0.3, -0.25) is 9.78 Å². The third kappa shape index (κ3) is 1.05. The summed E-state index contributed by atoms with van der Waals surface area (Å²) in [5, 5.41) is 1.04. The van der Waals surface area contributed by atoms with E-state index in [1.807, 2.05) is 0 Å². The highest BCUT2D eigenvalue weighted by Crippen LogP contribution is 2.40. The number of fused-ring (bicyclic) bond motifs is 1. The lowest BCUT2D eigenvalue weighted by atomic mass is 10.2. The van der Waals surface area contributed by atoms with Crippen molar-refractivity contribution in [2.24, 2.45) is 0 Å². The van der Waals surface area contributed by atoms with Crippen molar-refractivity contribution in [3.8, 4) is 0 Å². The second-order valence-corrected chi connectivity index (χ2v) is 3.81. The Morgan fingerprint density at radius 1 is 1.43 bits per heavy atom. The van der Waals surface area contributed by atoms with E-state index in [2.05, 4.69) is 16.0 Å². The summed E-state index contributed by atoms with van der Waals surface area (Å²) < 4.78 is 0. The summed E-state index contributed by atoms with van der Waals surface area (Å²) in [7, 11) is 0. The minimum atomic E-state index is 0.648. The summed E-state index contributed by atoms with van der Waals surface area (Å²) in [4.78, 5) is 18.1. The van der Waals surface area contributed by atoms with Crippen molar-refractivity contribution in [1.29, 1.82) is 0 Å². The van der Waals surface area contributed by atoms with Crippen LogP contribution in [0.4, 0.5) is 0 Å². The summed E-state index contributed by atoms with van der Waals surface area (Å²) in [5.74, 6) is 0.682. The molecule has 0 unspecified atom stereocenters. The summed E-state index contributed by atoms with van der Waals surface area (Å²) in [5.41, 5.74) is 2.82. The van der Waals surface area contributed by atoms with Crippen molar-refractivity contribution in [3.63, 3.8) is 0 Å². The van der Waals surface area contributed by atoms with E-state index in [-0.39, 0.29) is 0 Å². The molecule has 0 bridgehead atoms. The maximum absolute atomic E-state index is 10.8. The number of carbonyl (C=O) groups excluding carboxylic acids is 1. The predicted molar refractivity (Wildman–Crippen MR) is 53.5 cm³/mol. The normalized spacial score (nSPS) is 16.0. The second-order valence-electron chi connectivity index (χ2n) is 3.81. The summed E-state index contributed by atoms with van der Waals surface area (Å²) in [6.45, 7) is 0. The van der Waals surface area contributed by atoms with E-state index >= 15 is 0 Å². The number of H-pyrrole nitrogens is 1. The van der Waals surface area contributed by atoms with Gasteiger partial charge in [0.05, 0.1) is 11.1 Å². The van der Waals surface area contributed by atoms with E-state index in [4.69, 9.17) is 0 Å². The topological polar surface area (TPSA) is 45.8 Å². The molecule has 1 aliphatic rings. The monoisotopic (exact) mass is 186 g/mol.